The fraction of sp³-hybridized carbons (Fsp3) is 0.600. The molecule has 3 rings (SSSR count). The van der Waals surface area contributed by atoms with Crippen LogP contribution < -0.4 is 5.73 Å². The second-order valence-corrected chi connectivity index (χ2v) is 7.15. The quantitative estimate of drug-likeness (QED) is 0.823. The Balaban J connectivity index is 2.12. The van der Waals surface area contributed by atoms with Crippen molar-refractivity contribution in [3.63, 3.8) is 0 Å². The highest BCUT2D eigenvalue weighted by Crippen LogP contribution is 2.46. The molecule has 26 heavy (non-hydrogen) atoms. The molecule has 0 aliphatic carbocycles. The third kappa shape index (κ3) is 3.02. The number of imidazole rings is 1. The van der Waals surface area contributed by atoms with Gasteiger partial charge in [-0.15, -0.1) is 0 Å². The average molecular weight is 370 g/mol. The predicted octanol–water partition coefficient (Wildman–Crippen LogP) is 1.54. The number of amides is 1. The third-order valence-electron chi connectivity index (χ3n) is 4.01. The van der Waals surface area contributed by atoms with Crippen molar-refractivity contribution in [2.45, 2.75) is 50.9 Å². The lowest BCUT2D eigenvalue weighted by Gasteiger charge is -2.33. The highest BCUT2D eigenvalue weighted by Gasteiger charge is 2.58. The van der Waals surface area contributed by atoms with Gasteiger partial charge in [-0.1, -0.05) is 0 Å². The summed E-state index contributed by atoms with van der Waals surface area (Å²) in [4.78, 5) is 25.1. The molecule has 0 spiro atoms. The van der Waals surface area contributed by atoms with Gasteiger partial charge in [0.1, 0.15) is 17.4 Å². The summed E-state index contributed by atoms with van der Waals surface area (Å²) >= 11 is 0. The minimum absolute atomic E-state index is 0.0418. The predicted molar refractivity (Wildman–Crippen MR) is 87.3 cm³/mol. The number of nitrogen functional groups attached to an aromatic ring is 1. The van der Waals surface area contributed by atoms with Crippen LogP contribution in [0.5, 0.6) is 0 Å². The number of carbonyl (C=O) groups is 1. The second kappa shape index (κ2) is 6.01. The number of hydrogen-bond acceptors (Lipinski definition) is 7. The van der Waals surface area contributed by atoms with Crippen LogP contribution in [0, 0.1) is 0 Å². The molecule has 0 aromatic carbocycles. The summed E-state index contributed by atoms with van der Waals surface area (Å²) in [5.74, 6) is -3.39. The van der Waals surface area contributed by atoms with Crippen molar-refractivity contribution < 1.29 is 23.4 Å². The summed E-state index contributed by atoms with van der Waals surface area (Å²) in [6, 6.07) is -1.12. The van der Waals surface area contributed by atoms with E-state index in [9.17, 15) is 18.7 Å². The number of carbonyl (C=O) groups excluding carboxylic acids is 1. The lowest BCUT2D eigenvalue weighted by atomic mass is 10.2. The summed E-state index contributed by atoms with van der Waals surface area (Å²) in [6.07, 6.45) is -1.15. The first-order valence-corrected chi connectivity index (χ1v) is 7.98. The first kappa shape index (κ1) is 18.2. The number of nitrogens with zero attached hydrogens (tertiary/aromatic N) is 5. The van der Waals surface area contributed by atoms with E-state index in [1.165, 1.54) is 6.33 Å². The number of likely N-dealkylation sites (tertiary alicyclic amines) is 1. The van der Waals surface area contributed by atoms with Gasteiger partial charge in [0.2, 0.25) is 0 Å². The number of nitrogens with two attached hydrogens (primary N) is 1. The smallest absolute Gasteiger partial charge is 0.412 e. The van der Waals surface area contributed by atoms with Gasteiger partial charge in [0.25, 0.3) is 5.92 Å². The Morgan fingerprint density at radius 3 is 2.73 bits per heavy atom. The molecule has 1 amide bonds. The van der Waals surface area contributed by atoms with Gasteiger partial charge in [0.05, 0.1) is 19.0 Å². The zero-order chi connectivity index (χ0) is 19.3. The normalized spacial score (nSPS) is 22.8. The highest BCUT2D eigenvalue weighted by molar-refractivity contribution is 5.82. The minimum atomic E-state index is -3.35. The first-order valence-electron chi connectivity index (χ1n) is 7.98. The Kier molecular flexibility index (Phi) is 4.21. The second-order valence-electron chi connectivity index (χ2n) is 7.15. The maximum atomic E-state index is 14.8. The van der Waals surface area contributed by atoms with E-state index in [1.807, 2.05) is 0 Å². The Hall–Kier alpha value is -2.56. The molecule has 2 aromatic rings. The maximum absolute atomic E-state index is 14.8. The van der Waals surface area contributed by atoms with Crippen molar-refractivity contribution in [1.29, 1.82) is 0 Å². The van der Waals surface area contributed by atoms with Gasteiger partial charge in [0.15, 0.2) is 17.6 Å². The molecule has 142 valence electrons. The molecule has 2 aromatic heterocycles. The number of aliphatic hydroxyl groups excluding tert-OH is 1. The van der Waals surface area contributed by atoms with Gasteiger partial charge in [-0.3, -0.25) is 9.47 Å². The van der Waals surface area contributed by atoms with Gasteiger partial charge in [0, 0.05) is 6.42 Å². The summed E-state index contributed by atoms with van der Waals surface area (Å²) in [5.41, 5.74) is 5.13. The third-order valence-corrected chi connectivity index (χ3v) is 4.01. The molecule has 1 aliphatic rings. The number of rotatable bonds is 2. The molecule has 9 nitrogen and oxygen atoms in total. The molecule has 11 heteroatoms. The fourth-order valence-electron chi connectivity index (χ4n) is 3.06. The Morgan fingerprint density at radius 1 is 1.42 bits per heavy atom. The van der Waals surface area contributed by atoms with E-state index in [0.29, 0.717) is 0 Å². The Labute approximate surface area is 147 Å². The SMILES string of the molecule is CC(C)(C)OC(=O)N1[C@H](CO)CC(F)(F)[C@H]1n1cnc2ncnc(N)c21. The standard InChI is InChI=1S/C15H20F2N6O3/c1-14(2,3)26-13(25)23-8(5-24)4-15(16,17)12(23)22-7-21-11-9(22)10(18)19-6-20-11/h6-8,12,24H,4-5H2,1-3H3,(H2,18,19,20)/t8-,12-/m0/s1. The van der Waals surface area contributed by atoms with Crippen molar-refractivity contribution in [1.82, 2.24) is 24.4 Å². The van der Waals surface area contributed by atoms with Crippen molar-refractivity contribution in [2.75, 3.05) is 12.3 Å². The van der Waals surface area contributed by atoms with Gasteiger partial charge < -0.3 is 15.6 Å². The van der Waals surface area contributed by atoms with Crippen LogP contribution in [0.4, 0.5) is 19.4 Å². The number of aromatic nitrogens is 4. The van der Waals surface area contributed by atoms with E-state index in [0.717, 1.165) is 15.8 Å². The molecule has 0 bridgehead atoms. The zero-order valence-electron chi connectivity index (χ0n) is 14.6. The number of alkyl halides is 2. The molecule has 2 atom stereocenters. The molecule has 0 radical (unpaired) electrons. The summed E-state index contributed by atoms with van der Waals surface area (Å²) in [5, 5.41) is 9.54. The van der Waals surface area contributed by atoms with Crippen molar-refractivity contribution in [3.8, 4) is 0 Å². The van der Waals surface area contributed by atoms with E-state index in [2.05, 4.69) is 15.0 Å². The number of hydrogen-bond donors (Lipinski definition) is 2. The van der Waals surface area contributed by atoms with Crippen LogP contribution in [0.25, 0.3) is 11.2 Å². The number of anilines is 1. The molecule has 0 saturated carbocycles. The zero-order valence-corrected chi connectivity index (χ0v) is 14.6. The van der Waals surface area contributed by atoms with Gasteiger partial charge in [-0.05, 0) is 20.8 Å². The molecule has 3 heterocycles. The Morgan fingerprint density at radius 2 is 2.12 bits per heavy atom. The van der Waals surface area contributed by atoms with Crippen LogP contribution in [-0.4, -0.2) is 59.8 Å². The van der Waals surface area contributed by atoms with Crippen LogP contribution in [0.3, 0.4) is 0 Å². The van der Waals surface area contributed by atoms with E-state index >= 15 is 0 Å². The van der Waals surface area contributed by atoms with Crippen LogP contribution in [0.2, 0.25) is 0 Å². The van der Waals surface area contributed by atoms with Crippen LogP contribution in [0.15, 0.2) is 12.7 Å². The molecule has 3 N–H and O–H groups in total. The van der Waals surface area contributed by atoms with Crippen LogP contribution in [-0.2, 0) is 4.74 Å². The molecule has 0 unspecified atom stereocenters. The summed E-state index contributed by atoms with van der Waals surface area (Å²) in [6.45, 7) is 4.24. The molecule has 1 saturated heterocycles. The molecule has 1 fully saturated rings. The topological polar surface area (TPSA) is 119 Å². The lowest BCUT2D eigenvalue weighted by Crippen LogP contribution is -2.45. The number of ether oxygens (including phenoxy) is 1. The van der Waals surface area contributed by atoms with E-state index in [1.54, 1.807) is 20.8 Å². The summed E-state index contributed by atoms with van der Waals surface area (Å²) in [7, 11) is 0. The molecular formula is C15H20F2N6O3. The fourth-order valence-corrected chi connectivity index (χ4v) is 3.06. The van der Waals surface area contributed by atoms with E-state index in [-0.39, 0.29) is 17.0 Å². The number of halogens is 2. The monoisotopic (exact) mass is 370 g/mol. The molecule has 1 aliphatic heterocycles. The van der Waals surface area contributed by atoms with Gasteiger partial charge >= 0.3 is 6.09 Å². The summed E-state index contributed by atoms with van der Waals surface area (Å²) < 4.78 is 36.0. The Bertz CT molecular complexity index is 834. The number of aliphatic hydroxyl groups is 1. The van der Waals surface area contributed by atoms with E-state index < -0.39 is 42.9 Å². The number of fused-ring (bicyclic) bond motifs is 1. The largest absolute Gasteiger partial charge is 0.444 e. The lowest BCUT2D eigenvalue weighted by molar-refractivity contribution is -0.0678. The maximum Gasteiger partial charge on any atom is 0.412 e. The van der Waals surface area contributed by atoms with Gasteiger partial charge in [-0.2, -0.15) is 0 Å². The minimum Gasteiger partial charge on any atom is -0.444 e. The highest BCUT2D eigenvalue weighted by atomic mass is 19.3. The van der Waals surface area contributed by atoms with Crippen molar-refractivity contribution >= 4 is 23.1 Å². The van der Waals surface area contributed by atoms with Crippen molar-refractivity contribution in [3.05, 3.63) is 12.7 Å². The van der Waals surface area contributed by atoms with Gasteiger partial charge in [-0.25, -0.2) is 28.5 Å². The molecular weight excluding hydrogens is 350 g/mol. The average Bonchev–Trinajstić information content (AvgIpc) is 3.04. The van der Waals surface area contributed by atoms with Crippen LogP contribution >= 0.6 is 0 Å². The van der Waals surface area contributed by atoms with E-state index in [4.69, 9.17) is 10.5 Å². The van der Waals surface area contributed by atoms with Crippen LogP contribution in [0.1, 0.15) is 33.4 Å². The van der Waals surface area contributed by atoms with Crippen molar-refractivity contribution in [2.24, 2.45) is 0 Å². The first-order chi connectivity index (χ1) is 12.0.